The van der Waals surface area contributed by atoms with Crippen LogP contribution in [0.3, 0.4) is 0 Å². The van der Waals surface area contributed by atoms with E-state index >= 15 is 0 Å². The van der Waals surface area contributed by atoms with Crippen LogP contribution in [0.5, 0.6) is 0 Å². The zero-order valence-corrected chi connectivity index (χ0v) is 14.0. The lowest BCUT2D eigenvalue weighted by Crippen LogP contribution is -2.41. The van der Waals surface area contributed by atoms with Crippen LogP contribution >= 0.6 is 0 Å². The molecule has 2 aromatic carbocycles. The van der Waals surface area contributed by atoms with Crippen molar-refractivity contribution in [2.45, 2.75) is 39.3 Å². The minimum Gasteiger partial charge on any atom is -0.411 e. The van der Waals surface area contributed by atoms with E-state index in [0.29, 0.717) is 0 Å². The molecule has 120 valence electrons. The van der Waals surface area contributed by atoms with Gasteiger partial charge in [0, 0.05) is 24.4 Å². The third-order valence-corrected chi connectivity index (χ3v) is 4.86. The van der Waals surface area contributed by atoms with Crippen molar-refractivity contribution in [1.82, 2.24) is 5.32 Å². The highest BCUT2D eigenvalue weighted by molar-refractivity contribution is 5.88. The van der Waals surface area contributed by atoms with Crippen LogP contribution in [0.4, 0.5) is 0 Å². The lowest BCUT2D eigenvalue weighted by molar-refractivity contribution is 0.294. The monoisotopic (exact) mass is 308 g/mol. The molecule has 1 fully saturated rings. The molecule has 0 saturated carbocycles. The van der Waals surface area contributed by atoms with Crippen LogP contribution in [0, 0.1) is 19.8 Å². The van der Waals surface area contributed by atoms with Gasteiger partial charge < -0.3 is 10.5 Å². The molecule has 2 N–H and O–H groups in total. The third-order valence-electron chi connectivity index (χ3n) is 4.86. The molecular formula is C20H24N2O. The van der Waals surface area contributed by atoms with Crippen LogP contribution in [-0.4, -0.2) is 10.9 Å². The van der Waals surface area contributed by atoms with Crippen molar-refractivity contribution in [2.24, 2.45) is 11.1 Å². The Bertz CT molecular complexity index is 689. The first kappa shape index (κ1) is 15.8. The summed E-state index contributed by atoms with van der Waals surface area (Å²) >= 11 is 0. The molecule has 1 saturated heterocycles. The molecule has 0 spiro atoms. The molecule has 1 heterocycles. The highest BCUT2D eigenvalue weighted by Crippen LogP contribution is 2.35. The van der Waals surface area contributed by atoms with E-state index in [4.69, 9.17) is 0 Å². The van der Waals surface area contributed by atoms with E-state index in [-0.39, 0.29) is 18.0 Å². The first-order chi connectivity index (χ1) is 11.1. The van der Waals surface area contributed by atoms with Crippen molar-refractivity contribution in [1.29, 1.82) is 0 Å². The van der Waals surface area contributed by atoms with Gasteiger partial charge in [0.2, 0.25) is 0 Å². The molecule has 3 atom stereocenters. The fraction of sp³-hybridized carbons (Fsp3) is 0.350. The van der Waals surface area contributed by atoms with Crippen molar-refractivity contribution in [2.75, 3.05) is 0 Å². The second kappa shape index (κ2) is 6.55. The number of rotatable bonds is 2. The Morgan fingerprint density at radius 3 is 1.96 bits per heavy atom. The van der Waals surface area contributed by atoms with Gasteiger partial charge in [-0.25, -0.2) is 0 Å². The predicted octanol–water partition coefficient (Wildman–Crippen LogP) is 4.55. The average molecular weight is 308 g/mol. The largest absolute Gasteiger partial charge is 0.411 e. The summed E-state index contributed by atoms with van der Waals surface area (Å²) in [5.41, 5.74) is 5.84. The second-order valence-electron chi connectivity index (χ2n) is 6.60. The maximum absolute atomic E-state index is 9.44. The molecule has 2 aromatic rings. The van der Waals surface area contributed by atoms with E-state index in [9.17, 15) is 5.21 Å². The van der Waals surface area contributed by atoms with Gasteiger partial charge in [-0.05, 0) is 25.0 Å². The van der Waals surface area contributed by atoms with E-state index in [1.54, 1.807) is 0 Å². The number of hydrogen-bond acceptors (Lipinski definition) is 3. The maximum Gasteiger partial charge on any atom is 0.0636 e. The fourth-order valence-corrected chi connectivity index (χ4v) is 3.31. The summed E-state index contributed by atoms with van der Waals surface area (Å²) in [4.78, 5) is 0. The lowest BCUT2D eigenvalue weighted by Gasteiger charge is -2.37. The van der Waals surface area contributed by atoms with Crippen LogP contribution < -0.4 is 5.32 Å². The number of nitrogens with zero attached hydrogens (tertiary/aromatic N) is 1. The normalized spacial score (nSPS) is 26.4. The van der Waals surface area contributed by atoms with Gasteiger partial charge in [0.1, 0.15) is 0 Å². The summed E-state index contributed by atoms with van der Waals surface area (Å²) in [5.74, 6) is 0.171. The summed E-state index contributed by atoms with van der Waals surface area (Å²) in [6.45, 7) is 6.31. The molecular weight excluding hydrogens is 284 g/mol. The Balaban J connectivity index is 1.92. The Morgan fingerprint density at radius 2 is 1.43 bits per heavy atom. The summed E-state index contributed by atoms with van der Waals surface area (Å²) in [6, 6.07) is 17.5. The van der Waals surface area contributed by atoms with Crippen molar-refractivity contribution in [3.05, 3.63) is 70.8 Å². The van der Waals surface area contributed by atoms with E-state index in [2.05, 4.69) is 79.8 Å². The molecule has 0 aliphatic carbocycles. The van der Waals surface area contributed by atoms with Gasteiger partial charge in [-0.1, -0.05) is 71.7 Å². The number of nitrogens with one attached hydrogen (secondary N) is 1. The molecule has 0 aromatic heterocycles. The SMILES string of the molecule is Cc1ccc(C2CC(=NO)C(C)C(c3ccc(C)cc3)N2)cc1. The van der Waals surface area contributed by atoms with Gasteiger partial charge in [-0.3, -0.25) is 0 Å². The van der Waals surface area contributed by atoms with Crippen molar-refractivity contribution in [3.8, 4) is 0 Å². The van der Waals surface area contributed by atoms with Crippen molar-refractivity contribution < 1.29 is 5.21 Å². The van der Waals surface area contributed by atoms with Gasteiger partial charge >= 0.3 is 0 Å². The van der Waals surface area contributed by atoms with E-state index < -0.39 is 0 Å². The molecule has 1 aliphatic rings. The quantitative estimate of drug-likeness (QED) is 0.631. The van der Waals surface area contributed by atoms with Crippen LogP contribution in [0.2, 0.25) is 0 Å². The number of oxime groups is 1. The molecule has 1 aliphatic heterocycles. The highest BCUT2D eigenvalue weighted by Gasteiger charge is 2.33. The highest BCUT2D eigenvalue weighted by atomic mass is 16.4. The van der Waals surface area contributed by atoms with E-state index in [1.807, 2.05) is 0 Å². The summed E-state index contributed by atoms with van der Waals surface area (Å²) in [6.07, 6.45) is 0.739. The molecule has 0 amide bonds. The maximum atomic E-state index is 9.44. The van der Waals surface area contributed by atoms with Crippen molar-refractivity contribution in [3.63, 3.8) is 0 Å². The van der Waals surface area contributed by atoms with Crippen LogP contribution in [0.25, 0.3) is 0 Å². The van der Waals surface area contributed by atoms with E-state index in [0.717, 1.165) is 12.1 Å². The number of hydrogen-bond donors (Lipinski definition) is 2. The minimum absolute atomic E-state index is 0.154. The first-order valence-corrected chi connectivity index (χ1v) is 8.18. The second-order valence-corrected chi connectivity index (χ2v) is 6.60. The molecule has 3 rings (SSSR count). The molecule has 3 heteroatoms. The predicted molar refractivity (Wildman–Crippen MR) is 94.0 cm³/mol. The molecule has 3 unspecified atom stereocenters. The summed E-state index contributed by atoms with van der Waals surface area (Å²) in [5, 5.41) is 16.8. The number of piperidine rings is 1. The molecule has 0 bridgehead atoms. The Kier molecular flexibility index (Phi) is 4.49. The zero-order chi connectivity index (χ0) is 16.4. The van der Waals surface area contributed by atoms with Crippen molar-refractivity contribution >= 4 is 5.71 Å². The smallest absolute Gasteiger partial charge is 0.0636 e. The number of benzene rings is 2. The standard InChI is InChI=1S/C20H24N2O/c1-13-4-8-16(9-5-13)19-12-18(22-23)15(3)20(21-19)17-10-6-14(2)7-11-17/h4-11,15,19-21,23H,12H2,1-3H3. The first-order valence-electron chi connectivity index (χ1n) is 8.18. The van der Waals surface area contributed by atoms with Crippen LogP contribution in [0.15, 0.2) is 53.7 Å². The van der Waals surface area contributed by atoms with Gasteiger partial charge in [0.15, 0.2) is 0 Å². The average Bonchev–Trinajstić information content (AvgIpc) is 2.57. The Hall–Kier alpha value is -2.13. The Morgan fingerprint density at radius 1 is 0.913 bits per heavy atom. The number of aryl methyl sites for hydroxylation is 2. The third kappa shape index (κ3) is 3.30. The van der Waals surface area contributed by atoms with Crippen LogP contribution in [0.1, 0.15) is 47.7 Å². The molecule has 23 heavy (non-hydrogen) atoms. The van der Waals surface area contributed by atoms with E-state index in [1.165, 1.54) is 22.3 Å². The van der Waals surface area contributed by atoms with Crippen LogP contribution in [-0.2, 0) is 0 Å². The van der Waals surface area contributed by atoms with Gasteiger partial charge in [0.05, 0.1) is 5.71 Å². The van der Waals surface area contributed by atoms with Gasteiger partial charge in [-0.2, -0.15) is 0 Å². The molecule has 3 nitrogen and oxygen atoms in total. The van der Waals surface area contributed by atoms with Gasteiger partial charge in [0.25, 0.3) is 0 Å². The van der Waals surface area contributed by atoms with Gasteiger partial charge in [-0.15, -0.1) is 0 Å². The lowest BCUT2D eigenvalue weighted by atomic mass is 9.81. The molecule has 0 radical (unpaired) electrons. The minimum atomic E-state index is 0.154. The summed E-state index contributed by atoms with van der Waals surface area (Å²) < 4.78 is 0. The zero-order valence-electron chi connectivity index (χ0n) is 14.0. The topological polar surface area (TPSA) is 44.6 Å². The summed E-state index contributed by atoms with van der Waals surface area (Å²) in [7, 11) is 0. The fourth-order valence-electron chi connectivity index (χ4n) is 3.31. The Labute approximate surface area is 138 Å².